The van der Waals surface area contributed by atoms with Crippen molar-refractivity contribution >= 4 is 23.0 Å². The van der Waals surface area contributed by atoms with Gasteiger partial charge in [-0.05, 0) is 30.8 Å². The predicted molar refractivity (Wildman–Crippen MR) is 88.8 cm³/mol. The second kappa shape index (κ2) is 9.79. The number of rotatable bonds is 8. The molecule has 0 aliphatic carbocycles. The number of thiocarbonyl (C=S) groups is 1. The lowest BCUT2D eigenvalue weighted by atomic mass is 10.1. The number of nitrogens with one attached hydrogen (secondary N) is 1. The first-order valence-corrected chi connectivity index (χ1v) is 7.73. The summed E-state index contributed by atoms with van der Waals surface area (Å²) >= 11 is 5.39. The van der Waals surface area contributed by atoms with E-state index in [1.807, 2.05) is 30.1 Å². The maximum Gasteiger partial charge on any atom is 0.173 e. The normalized spacial score (nSPS) is 10.2. The molecule has 0 fully saturated rings. The van der Waals surface area contributed by atoms with Gasteiger partial charge in [-0.2, -0.15) is 0 Å². The largest absolute Gasteiger partial charge is 0.362 e. The molecule has 0 aromatic heterocycles. The van der Waals surface area contributed by atoms with E-state index in [4.69, 9.17) is 12.2 Å². The maximum absolute atomic E-state index is 5.39. The molecular weight excluding hydrogens is 252 g/mol. The van der Waals surface area contributed by atoms with E-state index in [0.29, 0.717) is 0 Å². The molecule has 0 unspecified atom stereocenters. The van der Waals surface area contributed by atoms with Gasteiger partial charge in [-0.3, -0.25) is 0 Å². The molecule has 0 aliphatic rings. The van der Waals surface area contributed by atoms with Crippen molar-refractivity contribution in [2.45, 2.75) is 45.4 Å². The Bertz CT molecular complexity index is 351. The Hall–Kier alpha value is -1.09. The second-order valence-corrected chi connectivity index (χ2v) is 5.28. The van der Waals surface area contributed by atoms with Gasteiger partial charge in [-0.1, -0.05) is 57.2 Å². The molecule has 1 aromatic rings. The third-order valence-corrected chi connectivity index (χ3v) is 3.67. The fourth-order valence-electron chi connectivity index (χ4n) is 1.99. The molecule has 0 saturated heterocycles. The van der Waals surface area contributed by atoms with Crippen molar-refractivity contribution in [2.75, 3.05) is 18.5 Å². The molecule has 2 nitrogen and oxygen atoms in total. The zero-order chi connectivity index (χ0) is 13.9. The Labute approximate surface area is 123 Å². The van der Waals surface area contributed by atoms with Gasteiger partial charge in [-0.25, -0.2) is 0 Å². The summed E-state index contributed by atoms with van der Waals surface area (Å²) in [5, 5.41) is 4.13. The van der Waals surface area contributed by atoms with Crippen LogP contribution in [0.1, 0.15) is 45.4 Å². The molecule has 0 aliphatic heterocycles. The standard InChI is InChI=1S/C16H26N2S/c1-3-4-5-6-7-11-14-17-16(19)18(2)15-12-9-8-10-13-15/h8-10,12-13H,3-7,11,14H2,1-2H3,(H,17,19). The molecule has 1 rings (SSSR count). The van der Waals surface area contributed by atoms with E-state index in [2.05, 4.69) is 24.4 Å². The van der Waals surface area contributed by atoms with Crippen LogP contribution in [0.15, 0.2) is 30.3 Å². The van der Waals surface area contributed by atoms with Crippen LogP contribution in [0.2, 0.25) is 0 Å². The predicted octanol–water partition coefficient (Wildman–Crippen LogP) is 4.36. The number of hydrogen-bond acceptors (Lipinski definition) is 1. The fourth-order valence-corrected chi connectivity index (χ4v) is 2.20. The quantitative estimate of drug-likeness (QED) is 0.562. The van der Waals surface area contributed by atoms with E-state index in [0.717, 1.165) is 17.3 Å². The van der Waals surface area contributed by atoms with Crippen molar-refractivity contribution < 1.29 is 0 Å². The Morgan fingerprint density at radius 2 is 1.68 bits per heavy atom. The zero-order valence-corrected chi connectivity index (χ0v) is 13.0. The number of hydrogen-bond donors (Lipinski definition) is 1. The van der Waals surface area contributed by atoms with Crippen molar-refractivity contribution in [3.05, 3.63) is 30.3 Å². The molecule has 0 saturated carbocycles. The number of benzene rings is 1. The van der Waals surface area contributed by atoms with Crippen LogP contribution in [0.5, 0.6) is 0 Å². The van der Waals surface area contributed by atoms with E-state index in [1.165, 1.54) is 38.5 Å². The number of para-hydroxylation sites is 1. The molecule has 0 bridgehead atoms. The van der Waals surface area contributed by atoms with Crippen molar-refractivity contribution in [1.82, 2.24) is 5.32 Å². The summed E-state index contributed by atoms with van der Waals surface area (Å²) in [7, 11) is 2.01. The summed E-state index contributed by atoms with van der Waals surface area (Å²) in [6.45, 7) is 3.22. The summed E-state index contributed by atoms with van der Waals surface area (Å²) in [6, 6.07) is 10.2. The van der Waals surface area contributed by atoms with Gasteiger partial charge in [0.2, 0.25) is 0 Å². The average molecular weight is 278 g/mol. The minimum atomic E-state index is 0.805. The molecule has 0 radical (unpaired) electrons. The summed E-state index contributed by atoms with van der Waals surface area (Å²) < 4.78 is 0. The topological polar surface area (TPSA) is 15.3 Å². The summed E-state index contributed by atoms with van der Waals surface area (Å²) in [5.74, 6) is 0. The molecule has 0 atom stereocenters. The van der Waals surface area contributed by atoms with Gasteiger partial charge < -0.3 is 10.2 Å². The van der Waals surface area contributed by atoms with Crippen molar-refractivity contribution in [2.24, 2.45) is 0 Å². The molecule has 0 spiro atoms. The van der Waals surface area contributed by atoms with Gasteiger partial charge in [0.05, 0.1) is 0 Å². The zero-order valence-electron chi connectivity index (χ0n) is 12.2. The van der Waals surface area contributed by atoms with E-state index in [9.17, 15) is 0 Å². The van der Waals surface area contributed by atoms with Crippen molar-refractivity contribution in [3.8, 4) is 0 Å². The highest BCUT2D eigenvalue weighted by atomic mass is 32.1. The molecule has 3 heteroatoms. The first-order chi connectivity index (χ1) is 9.25. The van der Waals surface area contributed by atoms with Crippen LogP contribution >= 0.6 is 12.2 Å². The molecule has 0 amide bonds. The molecule has 0 heterocycles. The summed E-state index contributed by atoms with van der Waals surface area (Å²) in [5.41, 5.74) is 1.13. The van der Waals surface area contributed by atoms with Gasteiger partial charge in [0.15, 0.2) is 5.11 Å². The Morgan fingerprint density at radius 3 is 2.37 bits per heavy atom. The van der Waals surface area contributed by atoms with Crippen LogP contribution < -0.4 is 10.2 Å². The van der Waals surface area contributed by atoms with E-state index in [1.54, 1.807) is 0 Å². The number of nitrogens with zero attached hydrogens (tertiary/aromatic N) is 1. The third-order valence-electron chi connectivity index (χ3n) is 3.25. The SMILES string of the molecule is CCCCCCCCNC(=S)N(C)c1ccccc1. The van der Waals surface area contributed by atoms with Crippen LogP contribution in [0, 0.1) is 0 Å². The van der Waals surface area contributed by atoms with Gasteiger partial charge in [0.25, 0.3) is 0 Å². The number of unbranched alkanes of at least 4 members (excludes halogenated alkanes) is 5. The molecule has 106 valence electrons. The summed E-state index contributed by atoms with van der Waals surface area (Å²) in [4.78, 5) is 2.02. The minimum absolute atomic E-state index is 0.805. The van der Waals surface area contributed by atoms with E-state index >= 15 is 0 Å². The lowest BCUT2D eigenvalue weighted by molar-refractivity contribution is 0.602. The van der Waals surface area contributed by atoms with Gasteiger partial charge >= 0.3 is 0 Å². The monoisotopic (exact) mass is 278 g/mol. The second-order valence-electron chi connectivity index (χ2n) is 4.89. The Kier molecular flexibility index (Phi) is 8.23. The molecule has 19 heavy (non-hydrogen) atoms. The number of anilines is 1. The minimum Gasteiger partial charge on any atom is -0.362 e. The van der Waals surface area contributed by atoms with Crippen LogP contribution in [0.25, 0.3) is 0 Å². The average Bonchev–Trinajstić information content (AvgIpc) is 2.46. The first-order valence-electron chi connectivity index (χ1n) is 7.32. The first kappa shape index (κ1) is 16.0. The van der Waals surface area contributed by atoms with E-state index < -0.39 is 0 Å². The smallest absolute Gasteiger partial charge is 0.173 e. The Balaban J connectivity index is 2.14. The van der Waals surface area contributed by atoms with Crippen molar-refractivity contribution in [3.63, 3.8) is 0 Å². The Morgan fingerprint density at radius 1 is 1.05 bits per heavy atom. The summed E-state index contributed by atoms with van der Waals surface area (Å²) in [6.07, 6.45) is 7.88. The van der Waals surface area contributed by atoms with Crippen LogP contribution in [0.4, 0.5) is 5.69 Å². The lowest BCUT2D eigenvalue weighted by Gasteiger charge is -2.21. The van der Waals surface area contributed by atoms with Crippen LogP contribution in [-0.4, -0.2) is 18.7 Å². The van der Waals surface area contributed by atoms with Crippen molar-refractivity contribution in [1.29, 1.82) is 0 Å². The van der Waals surface area contributed by atoms with Gasteiger partial charge in [0.1, 0.15) is 0 Å². The highest BCUT2D eigenvalue weighted by molar-refractivity contribution is 7.80. The molecule has 1 aromatic carbocycles. The van der Waals surface area contributed by atoms with Crippen LogP contribution in [0.3, 0.4) is 0 Å². The molecular formula is C16H26N2S. The maximum atomic E-state index is 5.39. The molecule has 1 N–H and O–H groups in total. The van der Waals surface area contributed by atoms with Crippen LogP contribution in [-0.2, 0) is 0 Å². The third kappa shape index (κ3) is 6.58. The van der Waals surface area contributed by atoms with Gasteiger partial charge in [-0.15, -0.1) is 0 Å². The van der Waals surface area contributed by atoms with E-state index in [-0.39, 0.29) is 0 Å². The highest BCUT2D eigenvalue weighted by Gasteiger charge is 2.04. The van der Waals surface area contributed by atoms with Gasteiger partial charge in [0, 0.05) is 19.3 Å². The lowest BCUT2D eigenvalue weighted by Crippen LogP contribution is -2.37. The fraction of sp³-hybridized carbons (Fsp3) is 0.562. The highest BCUT2D eigenvalue weighted by Crippen LogP contribution is 2.11.